The van der Waals surface area contributed by atoms with Gasteiger partial charge in [0, 0.05) is 23.4 Å². The molecular formula is C26H27N3O2. The summed E-state index contributed by atoms with van der Waals surface area (Å²) in [5.41, 5.74) is 3.55. The Morgan fingerprint density at radius 2 is 1.65 bits per heavy atom. The third-order valence-electron chi connectivity index (χ3n) is 4.80. The van der Waals surface area contributed by atoms with Gasteiger partial charge in [0.2, 0.25) is 0 Å². The highest BCUT2D eigenvalue weighted by Crippen LogP contribution is 2.22. The molecule has 2 N–H and O–H groups in total. The number of hydrogen-bond donors (Lipinski definition) is 2. The molecule has 5 nitrogen and oxygen atoms in total. The molecule has 3 aromatic rings. The van der Waals surface area contributed by atoms with Gasteiger partial charge in [0.1, 0.15) is 5.75 Å². The molecular weight excluding hydrogens is 386 g/mol. The normalized spacial score (nSPS) is 11.2. The van der Waals surface area contributed by atoms with Gasteiger partial charge in [0.25, 0.3) is 0 Å². The van der Waals surface area contributed by atoms with E-state index in [0.29, 0.717) is 12.2 Å². The van der Waals surface area contributed by atoms with Crippen molar-refractivity contribution in [3.05, 3.63) is 95.6 Å². The fraction of sp³-hybridized carbons (Fsp3) is 0.192. The summed E-state index contributed by atoms with van der Waals surface area (Å²) in [4.78, 5) is 14.5. The summed E-state index contributed by atoms with van der Waals surface area (Å²) in [6, 6.07) is 24.9. The molecule has 0 fully saturated rings. The predicted octanol–water partition coefficient (Wildman–Crippen LogP) is 4.52. The summed E-state index contributed by atoms with van der Waals surface area (Å²) < 4.78 is 5.32. The smallest absolute Gasteiger partial charge is 0.319 e. The quantitative estimate of drug-likeness (QED) is 0.584. The number of carbonyl (C=O) groups is 1. The van der Waals surface area contributed by atoms with Crippen LogP contribution in [-0.4, -0.2) is 38.7 Å². The lowest BCUT2D eigenvalue weighted by Crippen LogP contribution is -2.36. The highest BCUT2D eigenvalue weighted by Gasteiger charge is 2.16. The van der Waals surface area contributed by atoms with Gasteiger partial charge in [-0.3, -0.25) is 0 Å². The average Bonchev–Trinajstić information content (AvgIpc) is 2.79. The van der Waals surface area contributed by atoms with Crippen molar-refractivity contribution >= 4 is 11.7 Å². The first-order valence-electron chi connectivity index (χ1n) is 10.1. The zero-order chi connectivity index (χ0) is 22.1. The summed E-state index contributed by atoms with van der Waals surface area (Å²) in [5, 5.41) is 5.85. The van der Waals surface area contributed by atoms with Gasteiger partial charge in [-0.2, -0.15) is 0 Å². The van der Waals surface area contributed by atoms with Crippen molar-refractivity contribution in [1.29, 1.82) is 0 Å². The van der Waals surface area contributed by atoms with Crippen LogP contribution < -0.4 is 15.4 Å². The highest BCUT2D eigenvalue weighted by atomic mass is 16.5. The number of anilines is 1. The molecule has 0 saturated carbocycles. The van der Waals surface area contributed by atoms with Gasteiger partial charge in [-0.05, 0) is 62.1 Å². The van der Waals surface area contributed by atoms with Crippen LogP contribution in [0.4, 0.5) is 10.5 Å². The van der Waals surface area contributed by atoms with Crippen LogP contribution in [0.5, 0.6) is 5.75 Å². The number of methoxy groups -OCH3 is 1. The molecule has 0 aliphatic heterocycles. The van der Waals surface area contributed by atoms with Crippen LogP contribution in [0.25, 0.3) is 0 Å². The van der Waals surface area contributed by atoms with Crippen LogP contribution in [0.1, 0.15) is 22.7 Å². The maximum absolute atomic E-state index is 12.5. The van der Waals surface area contributed by atoms with E-state index < -0.39 is 0 Å². The SMILES string of the molecule is COc1cccc(C(CNC(=O)Nc2cccc(C#Cc3ccccc3)c2)N(C)C)c1. The second kappa shape index (κ2) is 10.9. The number of nitrogens with zero attached hydrogens (tertiary/aromatic N) is 1. The maximum Gasteiger partial charge on any atom is 0.319 e. The lowest BCUT2D eigenvalue weighted by molar-refractivity contribution is 0.243. The van der Waals surface area contributed by atoms with E-state index in [1.807, 2.05) is 93.0 Å². The van der Waals surface area contributed by atoms with E-state index in [1.165, 1.54) is 0 Å². The lowest BCUT2D eigenvalue weighted by Gasteiger charge is -2.25. The zero-order valence-corrected chi connectivity index (χ0v) is 18.1. The van der Waals surface area contributed by atoms with Gasteiger partial charge in [-0.15, -0.1) is 0 Å². The summed E-state index contributed by atoms with van der Waals surface area (Å²) in [5.74, 6) is 7.05. The predicted molar refractivity (Wildman–Crippen MR) is 125 cm³/mol. The number of urea groups is 1. The number of nitrogens with one attached hydrogen (secondary N) is 2. The molecule has 0 heterocycles. The molecule has 3 rings (SSSR count). The first kappa shape index (κ1) is 21.9. The Morgan fingerprint density at radius 1 is 0.935 bits per heavy atom. The molecule has 5 heteroatoms. The van der Waals surface area contributed by atoms with Gasteiger partial charge in [-0.25, -0.2) is 4.79 Å². The molecule has 3 aromatic carbocycles. The largest absolute Gasteiger partial charge is 0.497 e. The van der Waals surface area contributed by atoms with E-state index in [1.54, 1.807) is 7.11 Å². The number of ether oxygens (including phenoxy) is 1. The fourth-order valence-corrected chi connectivity index (χ4v) is 3.15. The summed E-state index contributed by atoms with van der Waals surface area (Å²) in [6.07, 6.45) is 0. The summed E-state index contributed by atoms with van der Waals surface area (Å²) >= 11 is 0. The number of rotatable bonds is 6. The van der Waals surface area contributed by atoms with E-state index in [-0.39, 0.29) is 12.1 Å². The van der Waals surface area contributed by atoms with Gasteiger partial charge >= 0.3 is 6.03 Å². The Bertz CT molecular complexity index is 1070. The van der Waals surface area contributed by atoms with E-state index in [9.17, 15) is 4.79 Å². The molecule has 0 aliphatic carbocycles. The topological polar surface area (TPSA) is 53.6 Å². The molecule has 0 aromatic heterocycles. The van der Waals surface area contributed by atoms with Gasteiger partial charge in [-0.1, -0.05) is 48.2 Å². The van der Waals surface area contributed by atoms with E-state index in [2.05, 4.69) is 27.4 Å². The molecule has 31 heavy (non-hydrogen) atoms. The van der Waals surface area contributed by atoms with Crippen molar-refractivity contribution in [2.45, 2.75) is 6.04 Å². The van der Waals surface area contributed by atoms with Crippen molar-refractivity contribution in [3.63, 3.8) is 0 Å². The third kappa shape index (κ3) is 6.63. The minimum Gasteiger partial charge on any atom is -0.497 e. The van der Waals surface area contributed by atoms with Crippen molar-refractivity contribution in [3.8, 4) is 17.6 Å². The van der Waals surface area contributed by atoms with Gasteiger partial charge < -0.3 is 20.3 Å². The Hall–Kier alpha value is -3.75. The zero-order valence-electron chi connectivity index (χ0n) is 18.1. The number of hydrogen-bond acceptors (Lipinski definition) is 3. The minimum absolute atomic E-state index is 0.0175. The first-order chi connectivity index (χ1) is 15.0. The molecule has 1 unspecified atom stereocenters. The first-order valence-corrected chi connectivity index (χ1v) is 10.1. The molecule has 2 amide bonds. The van der Waals surface area contributed by atoms with Crippen molar-refractivity contribution in [1.82, 2.24) is 10.2 Å². The average molecular weight is 414 g/mol. The van der Waals surface area contributed by atoms with Crippen LogP contribution in [0, 0.1) is 11.8 Å². The highest BCUT2D eigenvalue weighted by molar-refractivity contribution is 5.89. The molecule has 0 radical (unpaired) electrons. The Morgan fingerprint density at radius 3 is 2.39 bits per heavy atom. The fourth-order valence-electron chi connectivity index (χ4n) is 3.15. The van der Waals surface area contributed by atoms with Crippen molar-refractivity contribution in [2.75, 3.05) is 33.1 Å². The van der Waals surface area contributed by atoms with Crippen molar-refractivity contribution < 1.29 is 9.53 Å². The molecule has 158 valence electrons. The van der Waals surface area contributed by atoms with Crippen LogP contribution in [0.2, 0.25) is 0 Å². The molecule has 0 saturated heterocycles. The second-order valence-electron chi connectivity index (χ2n) is 7.29. The number of carbonyl (C=O) groups excluding carboxylic acids is 1. The van der Waals surface area contributed by atoms with Gasteiger partial charge in [0.15, 0.2) is 0 Å². The van der Waals surface area contributed by atoms with E-state index in [4.69, 9.17) is 4.74 Å². The molecule has 0 bridgehead atoms. The maximum atomic E-state index is 12.5. The monoisotopic (exact) mass is 413 g/mol. The number of likely N-dealkylation sites (N-methyl/N-ethyl adjacent to an activating group) is 1. The van der Waals surface area contributed by atoms with Crippen LogP contribution in [0.3, 0.4) is 0 Å². The van der Waals surface area contributed by atoms with Gasteiger partial charge in [0.05, 0.1) is 13.2 Å². The van der Waals surface area contributed by atoms with Crippen LogP contribution in [0.15, 0.2) is 78.9 Å². The summed E-state index contributed by atoms with van der Waals surface area (Å²) in [6.45, 7) is 0.458. The number of benzene rings is 3. The Kier molecular flexibility index (Phi) is 7.69. The number of amides is 2. The Labute approximate surface area is 184 Å². The van der Waals surface area contributed by atoms with E-state index in [0.717, 1.165) is 22.4 Å². The van der Waals surface area contributed by atoms with Crippen LogP contribution in [-0.2, 0) is 0 Å². The minimum atomic E-state index is -0.261. The van der Waals surface area contributed by atoms with Crippen LogP contribution >= 0.6 is 0 Å². The lowest BCUT2D eigenvalue weighted by atomic mass is 10.1. The molecule has 1 atom stereocenters. The second-order valence-corrected chi connectivity index (χ2v) is 7.29. The molecule has 0 spiro atoms. The summed E-state index contributed by atoms with van der Waals surface area (Å²) in [7, 11) is 5.62. The Balaban J connectivity index is 1.61. The van der Waals surface area contributed by atoms with E-state index >= 15 is 0 Å². The third-order valence-corrected chi connectivity index (χ3v) is 4.80. The standard InChI is InChI=1S/C26H27N3O2/c1-29(2)25(22-12-8-14-24(18-22)31-3)19-27-26(30)28-23-13-7-11-21(17-23)16-15-20-9-5-4-6-10-20/h4-14,17-18,25H,19H2,1-3H3,(H2,27,28,30). The molecule has 0 aliphatic rings. The van der Waals surface area contributed by atoms with Crippen molar-refractivity contribution in [2.24, 2.45) is 0 Å².